The Bertz CT molecular complexity index is 1120. The van der Waals surface area contributed by atoms with E-state index < -0.39 is 0 Å². The summed E-state index contributed by atoms with van der Waals surface area (Å²) < 4.78 is 6.88. The van der Waals surface area contributed by atoms with E-state index in [0.29, 0.717) is 39.5 Å². The molecule has 1 aliphatic rings. The van der Waals surface area contributed by atoms with Crippen molar-refractivity contribution < 1.29 is 9.32 Å². The zero-order chi connectivity index (χ0) is 21.3. The summed E-state index contributed by atoms with van der Waals surface area (Å²) in [7, 11) is 0. The zero-order valence-corrected chi connectivity index (χ0v) is 18.2. The van der Waals surface area contributed by atoms with Crippen molar-refractivity contribution in [2.75, 3.05) is 11.1 Å². The molecule has 7 nitrogen and oxygen atoms in total. The van der Waals surface area contributed by atoms with Crippen LogP contribution >= 0.6 is 11.8 Å². The fourth-order valence-corrected chi connectivity index (χ4v) is 5.02. The number of aromatic nitrogens is 3. The highest BCUT2D eigenvalue weighted by Crippen LogP contribution is 2.38. The van der Waals surface area contributed by atoms with E-state index >= 15 is 0 Å². The first-order valence-electron chi connectivity index (χ1n) is 10.3. The molecule has 3 aromatic rings. The predicted molar refractivity (Wildman–Crippen MR) is 118 cm³/mol. The van der Waals surface area contributed by atoms with Gasteiger partial charge in [0.1, 0.15) is 0 Å². The van der Waals surface area contributed by atoms with Gasteiger partial charge in [0, 0.05) is 12.1 Å². The van der Waals surface area contributed by atoms with E-state index in [9.17, 15) is 9.59 Å². The molecule has 2 aromatic heterocycles. The number of aryl methyl sites for hydroxylation is 1. The summed E-state index contributed by atoms with van der Waals surface area (Å²) in [5.41, 5.74) is 1.33. The van der Waals surface area contributed by atoms with Crippen LogP contribution in [0.4, 0.5) is 5.88 Å². The van der Waals surface area contributed by atoms with Crippen molar-refractivity contribution >= 4 is 34.5 Å². The summed E-state index contributed by atoms with van der Waals surface area (Å²) in [5, 5.41) is 7.68. The van der Waals surface area contributed by atoms with Crippen molar-refractivity contribution in [1.29, 1.82) is 0 Å². The Morgan fingerprint density at radius 3 is 2.87 bits per heavy atom. The quantitative estimate of drug-likeness (QED) is 0.480. The maximum atomic E-state index is 13.4. The number of hydrogen-bond donors (Lipinski definition) is 1. The molecule has 1 aliphatic carbocycles. The summed E-state index contributed by atoms with van der Waals surface area (Å²) in [4.78, 5) is 30.6. The van der Waals surface area contributed by atoms with Crippen molar-refractivity contribution in [3.05, 3.63) is 46.4 Å². The second-order valence-corrected chi connectivity index (χ2v) is 9.03. The van der Waals surface area contributed by atoms with Crippen molar-refractivity contribution in [2.45, 2.75) is 51.2 Å². The Kier molecular flexibility index (Phi) is 5.94. The summed E-state index contributed by atoms with van der Waals surface area (Å²) >= 11 is 1.28. The maximum absolute atomic E-state index is 13.4. The molecule has 1 amide bonds. The minimum absolute atomic E-state index is 0.0275. The Morgan fingerprint density at radius 2 is 2.10 bits per heavy atom. The average molecular weight is 427 g/mol. The van der Waals surface area contributed by atoms with Gasteiger partial charge in [0.15, 0.2) is 5.16 Å². The van der Waals surface area contributed by atoms with Gasteiger partial charge in [-0.05, 0) is 37.3 Å². The summed E-state index contributed by atoms with van der Waals surface area (Å²) in [5.74, 6) is 1.12. The number of amides is 1. The van der Waals surface area contributed by atoms with Gasteiger partial charge in [0.2, 0.25) is 11.8 Å². The van der Waals surface area contributed by atoms with Crippen LogP contribution in [0.2, 0.25) is 0 Å². The molecule has 8 heteroatoms. The van der Waals surface area contributed by atoms with Gasteiger partial charge in [-0.25, -0.2) is 4.98 Å². The molecular weight excluding hydrogens is 400 g/mol. The third-order valence-electron chi connectivity index (χ3n) is 5.99. The van der Waals surface area contributed by atoms with Crippen LogP contribution < -0.4 is 10.9 Å². The van der Waals surface area contributed by atoms with E-state index in [1.165, 1.54) is 18.2 Å². The van der Waals surface area contributed by atoms with Gasteiger partial charge in [-0.15, -0.1) is 0 Å². The molecule has 3 atom stereocenters. The van der Waals surface area contributed by atoms with Crippen LogP contribution in [0, 0.1) is 18.8 Å². The summed E-state index contributed by atoms with van der Waals surface area (Å²) in [6.45, 7) is 6.25. The molecule has 1 fully saturated rings. The van der Waals surface area contributed by atoms with Crippen molar-refractivity contribution in [2.24, 2.45) is 11.8 Å². The molecule has 158 valence electrons. The smallest absolute Gasteiger partial charge is 0.262 e. The standard InChI is InChI=1S/C22H26N4O3S/c1-13-7-6-10-18(15(13)3)26-21(28)16-8-4-5-9-17(16)23-22(26)30-12-19(27)24-20-11-14(2)25-29-20/h4-5,8-9,11,13,15,18H,6-7,10,12H2,1-3H3,(H,24,27)/t13-,15-,18-/m1/s1. The van der Waals surface area contributed by atoms with Crippen LogP contribution in [-0.4, -0.2) is 26.4 Å². The van der Waals surface area contributed by atoms with Crippen LogP contribution in [0.15, 0.2) is 44.8 Å². The number of rotatable bonds is 5. The lowest BCUT2D eigenvalue weighted by molar-refractivity contribution is -0.113. The second kappa shape index (κ2) is 8.63. The molecule has 0 aliphatic heterocycles. The Balaban J connectivity index is 1.65. The van der Waals surface area contributed by atoms with E-state index in [4.69, 9.17) is 9.51 Å². The number of anilines is 1. The molecule has 4 rings (SSSR count). The summed E-state index contributed by atoms with van der Waals surface area (Å²) in [6, 6.07) is 9.15. The molecule has 1 saturated carbocycles. The third kappa shape index (κ3) is 4.14. The number of fused-ring (bicyclic) bond motifs is 1. The normalized spacial score (nSPS) is 21.6. The highest BCUT2D eigenvalue weighted by Gasteiger charge is 2.31. The molecular formula is C22H26N4O3S. The average Bonchev–Trinajstić information content (AvgIpc) is 3.13. The van der Waals surface area contributed by atoms with E-state index in [1.54, 1.807) is 13.0 Å². The SMILES string of the molecule is Cc1cc(NC(=O)CSc2nc3ccccc3c(=O)n2[C@@H]2CCC[C@@H](C)[C@H]2C)on1. The lowest BCUT2D eigenvalue weighted by Gasteiger charge is -2.36. The third-order valence-corrected chi connectivity index (χ3v) is 6.95. The first kappa shape index (κ1) is 20.7. The Labute approximate surface area is 179 Å². The molecule has 0 spiro atoms. The molecule has 0 bridgehead atoms. The fraction of sp³-hybridized carbons (Fsp3) is 0.455. The van der Waals surface area contributed by atoms with Crippen molar-refractivity contribution in [1.82, 2.24) is 14.7 Å². The predicted octanol–water partition coefficient (Wildman–Crippen LogP) is 4.42. The van der Waals surface area contributed by atoms with Crippen LogP contribution in [0.5, 0.6) is 0 Å². The van der Waals surface area contributed by atoms with Gasteiger partial charge in [0.05, 0.1) is 22.3 Å². The largest absolute Gasteiger partial charge is 0.338 e. The van der Waals surface area contributed by atoms with Crippen LogP contribution in [-0.2, 0) is 4.79 Å². The topological polar surface area (TPSA) is 90.0 Å². The number of benzene rings is 1. The molecule has 0 unspecified atom stereocenters. The number of carbonyl (C=O) groups excluding carboxylic acids is 1. The van der Waals surface area contributed by atoms with Crippen LogP contribution in [0.1, 0.15) is 44.8 Å². The molecule has 30 heavy (non-hydrogen) atoms. The molecule has 0 radical (unpaired) electrons. The highest BCUT2D eigenvalue weighted by atomic mass is 32.2. The van der Waals surface area contributed by atoms with E-state index in [0.717, 1.165) is 12.8 Å². The van der Waals surface area contributed by atoms with Crippen molar-refractivity contribution in [3.8, 4) is 0 Å². The van der Waals surface area contributed by atoms with E-state index in [-0.39, 0.29) is 23.3 Å². The van der Waals surface area contributed by atoms with E-state index in [1.807, 2.05) is 28.8 Å². The van der Waals surface area contributed by atoms with Gasteiger partial charge < -0.3 is 4.52 Å². The van der Waals surface area contributed by atoms with Gasteiger partial charge in [0.25, 0.3) is 5.56 Å². The Hall–Kier alpha value is -2.61. The number of para-hydroxylation sites is 1. The van der Waals surface area contributed by atoms with Crippen LogP contribution in [0.3, 0.4) is 0 Å². The minimum Gasteiger partial charge on any atom is -0.338 e. The number of thioether (sulfide) groups is 1. The Morgan fingerprint density at radius 1 is 1.30 bits per heavy atom. The number of nitrogens with zero attached hydrogens (tertiary/aromatic N) is 3. The first-order valence-corrected chi connectivity index (χ1v) is 11.3. The highest BCUT2D eigenvalue weighted by molar-refractivity contribution is 7.99. The fourth-order valence-electron chi connectivity index (χ4n) is 4.16. The summed E-state index contributed by atoms with van der Waals surface area (Å²) in [6.07, 6.45) is 3.21. The maximum Gasteiger partial charge on any atom is 0.262 e. The lowest BCUT2D eigenvalue weighted by atomic mass is 9.78. The van der Waals surface area contributed by atoms with Gasteiger partial charge in [-0.2, -0.15) is 0 Å². The van der Waals surface area contributed by atoms with Crippen molar-refractivity contribution in [3.63, 3.8) is 0 Å². The van der Waals surface area contributed by atoms with Gasteiger partial charge in [-0.3, -0.25) is 19.5 Å². The second-order valence-electron chi connectivity index (χ2n) is 8.09. The lowest BCUT2D eigenvalue weighted by Crippen LogP contribution is -2.35. The molecule has 1 N–H and O–H groups in total. The molecule has 2 heterocycles. The van der Waals surface area contributed by atoms with Gasteiger partial charge >= 0.3 is 0 Å². The molecule has 1 aromatic carbocycles. The number of carbonyl (C=O) groups is 1. The van der Waals surface area contributed by atoms with E-state index in [2.05, 4.69) is 24.3 Å². The molecule has 0 saturated heterocycles. The first-order chi connectivity index (χ1) is 14.4. The monoisotopic (exact) mass is 426 g/mol. The van der Waals surface area contributed by atoms with Crippen LogP contribution in [0.25, 0.3) is 10.9 Å². The van der Waals surface area contributed by atoms with Gasteiger partial charge in [-0.1, -0.05) is 55.7 Å². The number of nitrogens with one attached hydrogen (secondary N) is 1. The zero-order valence-electron chi connectivity index (χ0n) is 17.4. The minimum atomic E-state index is -0.227. The number of hydrogen-bond acceptors (Lipinski definition) is 6.